The Morgan fingerprint density at radius 2 is 2.00 bits per heavy atom. The smallest absolute Gasteiger partial charge is 0.312 e. The van der Waals surface area contributed by atoms with Gasteiger partial charge in [-0.3, -0.25) is 14.4 Å². The first-order chi connectivity index (χ1) is 20.4. The first-order valence-corrected chi connectivity index (χ1v) is 14.9. The molecule has 1 aromatic heterocycles. The second-order valence-corrected chi connectivity index (χ2v) is 12.0. The van der Waals surface area contributed by atoms with Crippen molar-refractivity contribution < 1.29 is 29.0 Å². The molecule has 42 heavy (non-hydrogen) atoms. The second kappa shape index (κ2) is 11.2. The van der Waals surface area contributed by atoms with Gasteiger partial charge in [-0.1, -0.05) is 69.7 Å². The molecule has 0 radical (unpaired) electrons. The fraction of sp³-hybridized carbons (Fsp3) is 0.433. The van der Waals surface area contributed by atoms with E-state index in [9.17, 15) is 19.5 Å². The number of hydrogen-bond donors (Lipinski definition) is 1. The Labute approximate surface area is 251 Å². The van der Waals surface area contributed by atoms with Crippen LogP contribution in [0.4, 0.5) is 0 Å². The normalized spacial score (nSPS) is 28.6. The summed E-state index contributed by atoms with van der Waals surface area (Å²) in [7, 11) is 0. The minimum absolute atomic E-state index is 0.0439. The molecule has 3 aliphatic heterocycles. The fourth-order valence-electron chi connectivity index (χ4n) is 6.95. The quantitative estimate of drug-likeness (QED) is 0.204. The van der Waals surface area contributed by atoms with Gasteiger partial charge in [0.15, 0.2) is 0 Å². The van der Waals surface area contributed by atoms with Crippen molar-refractivity contribution in [1.82, 2.24) is 24.8 Å². The summed E-state index contributed by atoms with van der Waals surface area (Å²) in [4.78, 5) is 45.2. The van der Waals surface area contributed by atoms with E-state index in [2.05, 4.69) is 32.8 Å². The van der Waals surface area contributed by atoms with Crippen molar-refractivity contribution in [3.63, 3.8) is 0 Å². The van der Waals surface area contributed by atoms with Crippen molar-refractivity contribution in [2.75, 3.05) is 19.8 Å². The van der Waals surface area contributed by atoms with Gasteiger partial charge in [-0.2, -0.15) is 0 Å². The van der Waals surface area contributed by atoms with E-state index in [4.69, 9.17) is 9.47 Å². The van der Waals surface area contributed by atoms with Crippen LogP contribution in [0.25, 0.3) is 11.0 Å². The number of likely N-dealkylation sites (tertiary alicyclic amines) is 1. The highest BCUT2D eigenvalue weighted by molar-refractivity contribution is 9.09. The molecular formula is C30H32BrN5O6. The molecule has 6 rings (SSSR count). The third kappa shape index (κ3) is 4.35. The van der Waals surface area contributed by atoms with E-state index < -0.39 is 60.0 Å². The molecule has 1 N–H and O–H groups in total. The van der Waals surface area contributed by atoms with Crippen LogP contribution in [0.5, 0.6) is 0 Å². The number of aliphatic hydroxyl groups excluding tert-OH is 1. The highest BCUT2D eigenvalue weighted by atomic mass is 79.9. The second-order valence-electron chi connectivity index (χ2n) is 10.8. The molecule has 7 atom stereocenters. The number of benzene rings is 2. The zero-order chi connectivity index (χ0) is 29.6. The van der Waals surface area contributed by atoms with E-state index in [1.54, 1.807) is 34.7 Å². The maximum absolute atomic E-state index is 14.8. The Morgan fingerprint density at radius 3 is 2.71 bits per heavy atom. The summed E-state index contributed by atoms with van der Waals surface area (Å²) in [5, 5.41) is 19.1. The molecule has 2 aromatic carbocycles. The Hall–Kier alpha value is -3.61. The fourth-order valence-corrected chi connectivity index (χ4v) is 7.89. The number of rotatable bonds is 10. The maximum Gasteiger partial charge on any atom is 0.312 e. The topological polar surface area (TPSA) is 127 Å². The van der Waals surface area contributed by atoms with Gasteiger partial charge in [-0.15, -0.1) is 11.7 Å². The molecule has 0 aliphatic carbocycles. The van der Waals surface area contributed by atoms with Crippen LogP contribution in [0.15, 0.2) is 67.3 Å². The molecule has 3 aliphatic rings. The van der Waals surface area contributed by atoms with Crippen LogP contribution >= 0.6 is 15.9 Å². The number of para-hydroxylation sites is 1. The van der Waals surface area contributed by atoms with Gasteiger partial charge in [0, 0.05) is 11.4 Å². The number of aromatic nitrogens is 3. The molecule has 2 bridgehead atoms. The van der Waals surface area contributed by atoms with Gasteiger partial charge in [-0.25, -0.2) is 4.68 Å². The molecule has 0 saturated carbocycles. The molecule has 12 heteroatoms. The number of ether oxygens (including phenoxy) is 2. The number of esters is 1. The van der Waals surface area contributed by atoms with Gasteiger partial charge in [0.1, 0.15) is 23.8 Å². The van der Waals surface area contributed by atoms with E-state index >= 15 is 0 Å². The summed E-state index contributed by atoms with van der Waals surface area (Å²) in [6.45, 7) is 5.49. The molecule has 3 unspecified atom stereocenters. The van der Waals surface area contributed by atoms with Crippen LogP contribution in [-0.2, 0) is 30.5 Å². The molecule has 3 aromatic rings. The van der Waals surface area contributed by atoms with Crippen LogP contribution in [-0.4, -0.2) is 90.0 Å². The van der Waals surface area contributed by atoms with Crippen molar-refractivity contribution in [3.05, 3.63) is 72.8 Å². The van der Waals surface area contributed by atoms with Gasteiger partial charge < -0.3 is 24.4 Å². The summed E-state index contributed by atoms with van der Waals surface area (Å²) in [6, 6.07) is 14.5. The van der Waals surface area contributed by atoms with E-state index in [0.717, 1.165) is 5.52 Å². The van der Waals surface area contributed by atoms with Crippen molar-refractivity contribution in [2.24, 2.45) is 11.8 Å². The van der Waals surface area contributed by atoms with E-state index in [0.29, 0.717) is 17.5 Å². The number of halogens is 1. The van der Waals surface area contributed by atoms with Crippen molar-refractivity contribution in [2.45, 2.75) is 48.6 Å². The van der Waals surface area contributed by atoms with Gasteiger partial charge in [0.25, 0.3) is 0 Å². The lowest BCUT2D eigenvalue weighted by atomic mass is 9.70. The predicted octanol–water partition coefficient (Wildman–Crippen LogP) is 2.45. The van der Waals surface area contributed by atoms with E-state index in [1.807, 2.05) is 42.5 Å². The Morgan fingerprint density at radius 1 is 1.26 bits per heavy atom. The maximum atomic E-state index is 14.8. The number of amides is 2. The molecule has 3 saturated heterocycles. The number of fused-ring (bicyclic) bond motifs is 2. The molecule has 2 amide bonds. The number of carbonyl (C=O) groups is 3. The predicted molar refractivity (Wildman–Crippen MR) is 155 cm³/mol. The Bertz CT molecular complexity index is 1520. The molecule has 1 spiro atoms. The number of nitrogens with zero attached hydrogens (tertiary/aromatic N) is 5. The molecule has 11 nitrogen and oxygen atoms in total. The standard InChI is InChI=1S/C30H32BrN5O6/c1-3-14-34(17-35-21-13-9-8-12-20(21)32-33-35)28(39)26-30-15-19(31)25(42-30)23(29(40)41-4-2)24(30)27(38)36(26)22(16-37)18-10-6-5-7-11-18/h3,5-13,19,22-26,37H,1,4,14-17H2,2H3/t19?,22-,23-,24+,25-,26?,30?/m1/s1. The van der Waals surface area contributed by atoms with E-state index in [-0.39, 0.29) is 24.6 Å². The summed E-state index contributed by atoms with van der Waals surface area (Å²) < 4.78 is 13.6. The number of alkyl halides is 1. The van der Waals surface area contributed by atoms with Crippen molar-refractivity contribution in [1.29, 1.82) is 0 Å². The Kier molecular flexibility index (Phi) is 7.62. The van der Waals surface area contributed by atoms with Crippen LogP contribution in [0.1, 0.15) is 24.9 Å². The highest BCUT2D eigenvalue weighted by Gasteiger charge is 2.77. The van der Waals surface area contributed by atoms with Crippen LogP contribution in [0.2, 0.25) is 0 Å². The van der Waals surface area contributed by atoms with Crippen LogP contribution < -0.4 is 0 Å². The summed E-state index contributed by atoms with van der Waals surface area (Å²) >= 11 is 3.67. The van der Waals surface area contributed by atoms with Crippen LogP contribution in [0.3, 0.4) is 0 Å². The largest absolute Gasteiger partial charge is 0.466 e. The average Bonchev–Trinajstić information content (AvgIpc) is 3.71. The molecular weight excluding hydrogens is 606 g/mol. The average molecular weight is 639 g/mol. The summed E-state index contributed by atoms with van der Waals surface area (Å²) in [5.74, 6) is -3.18. The van der Waals surface area contributed by atoms with Gasteiger partial charge >= 0.3 is 5.97 Å². The third-order valence-corrected chi connectivity index (χ3v) is 9.44. The van der Waals surface area contributed by atoms with E-state index in [1.165, 1.54) is 4.90 Å². The lowest BCUT2D eigenvalue weighted by Gasteiger charge is -2.39. The number of aliphatic hydroxyl groups is 1. The molecule has 4 heterocycles. The first-order valence-electron chi connectivity index (χ1n) is 14.0. The molecule has 3 fully saturated rings. The minimum atomic E-state index is -1.31. The first kappa shape index (κ1) is 28.5. The lowest BCUT2D eigenvalue weighted by Crippen LogP contribution is -2.57. The van der Waals surface area contributed by atoms with Gasteiger partial charge in [-0.05, 0) is 31.0 Å². The molecule has 220 valence electrons. The lowest BCUT2D eigenvalue weighted by molar-refractivity contribution is -0.156. The summed E-state index contributed by atoms with van der Waals surface area (Å²) in [6.07, 6.45) is 1.31. The Balaban J connectivity index is 1.46. The number of hydrogen-bond acceptors (Lipinski definition) is 8. The zero-order valence-corrected chi connectivity index (χ0v) is 24.7. The SMILES string of the molecule is C=CCN(Cn1nnc2ccccc21)C(=O)C1N([C@H](CO)c2ccccc2)C(=O)[C@@H]2[C@@H](C(=O)OCC)[C@@H]3OC12CC3Br. The number of carbonyl (C=O) groups excluding carboxylic acids is 3. The third-order valence-electron chi connectivity index (χ3n) is 8.60. The zero-order valence-electron chi connectivity index (χ0n) is 23.1. The monoisotopic (exact) mass is 637 g/mol. The minimum Gasteiger partial charge on any atom is -0.466 e. The van der Waals surface area contributed by atoms with Crippen LogP contribution in [0, 0.1) is 11.8 Å². The highest BCUT2D eigenvalue weighted by Crippen LogP contribution is 2.61. The summed E-state index contributed by atoms with van der Waals surface area (Å²) in [5.41, 5.74) is 0.781. The van der Waals surface area contributed by atoms with Gasteiger partial charge in [0.2, 0.25) is 11.8 Å². The van der Waals surface area contributed by atoms with Gasteiger partial charge in [0.05, 0.1) is 42.7 Å². The van der Waals surface area contributed by atoms with Crippen molar-refractivity contribution >= 4 is 44.7 Å². The van der Waals surface area contributed by atoms with Crippen molar-refractivity contribution in [3.8, 4) is 0 Å².